The third kappa shape index (κ3) is 6.48. The molecule has 1 saturated heterocycles. The molecule has 0 unspecified atom stereocenters. The molecule has 219 valence electrons. The number of carbonyl (C=O) groups is 1. The number of aromatic nitrogens is 4. The van der Waals surface area contributed by atoms with Gasteiger partial charge in [-0.1, -0.05) is 11.2 Å². The highest BCUT2D eigenvalue weighted by Crippen LogP contribution is 2.35. The number of nitrogens with one attached hydrogen (secondary N) is 2. The quantitative estimate of drug-likeness (QED) is 0.180. The van der Waals surface area contributed by atoms with Crippen molar-refractivity contribution >= 4 is 31.6 Å². The lowest BCUT2D eigenvalue weighted by Gasteiger charge is -2.32. The van der Waals surface area contributed by atoms with E-state index in [1.165, 1.54) is 0 Å². The van der Waals surface area contributed by atoms with Gasteiger partial charge in [-0.3, -0.25) is 4.79 Å². The zero-order valence-corrected chi connectivity index (χ0v) is 24.2. The van der Waals surface area contributed by atoms with Crippen molar-refractivity contribution in [3.8, 4) is 11.5 Å². The second-order valence-electron chi connectivity index (χ2n) is 11.3. The molecule has 0 saturated carbocycles. The van der Waals surface area contributed by atoms with Crippen LogP contribution in [0.5, 0.6) is 0 Å². The minimum Gasteiger partial charge on any atom is -0.380 e. The van der Waals surface area contributed by atoms with Crippen molar-refractivity contribution in [2.45, 2.75) is 57.3 Å². The molecule has 0 bridgehead atoms. The first kappa shape index (κ1) is 28.9. The van der Waals surface area contributed by atoms with E-state index in [-0.39, 0.29) is 35.4 Å². The molecule has 0 aliphatic carbocycles. The van der Waals surface area contributed by atoms with Gasteiger partial charge in [0.05, 0.1) is 29.0 Å². The number of nitrogens with zero attached hydrogens (tertiary/aromatic N) is 5. The number of likely N-dealkylation sites (N-methyl/N-ethyl adjacent to an activating group) is 1. The van der Waals surface area contributed by atoms with E-state index in [0.29, 0.717) is 41.3 Å². The Morgan fingerprint density at radius 3 is 2.71 bits per heavy atom. The summed E-state index contributed by atoms with van der Waals surface area (Å²) in [6.07, 6.45) is -0.979. The van der Waals surface area contributed by atoms with Gasteiger partial charge in [-0.2, -0.15) is 18.2 Å². The Bertz CT molecular complexity index is 1540. The summed E-state index contributed by atoms with van der Waals surface area (Å²) in [6, 6.07) is 8.68. The van der Waals surface area contributed by atoms with Crippen LogP contribution in [0.3, 0.4) is 0 Å². The molecule has 1 aliphatic rings. The van der Waals surface area contributed by atoms with Gasteiger partial charge in [-0.25, -0.2) is 0 Å². The van der Waals surface area contributed by atoms with Crippen LogP contribution < -0.4 is 10.6 Å². The number of benzene rings is 1. The Balaban J connectivity index is 1.40. The summed E-state index contributed by atoms with van der Waals surface area (Å²) in [6.45, 7) is 5.86. The first-order valence-corrected chi connectivity index (χ1v) is 14.9. The largest absolute Gasteiger partial charge is 0.406 e. The van der Waals surface area contributed by atoms with Crippen LogP contribution in [0.25, 0.3) is 22.4 Å². The normalized spacial score (nSPS) is 17.3. The van der Waals surface area contributed by atoms with E-state index in [4.69, 9.17) is 4.52 Å². The third-order valence-corrected chi connectivity index (χ3v) is 8.83. The first-order chi connectivity index (χ1) is 19.3. The number of hydrogen-bond donors (Lipinski definition) is 2. The molecule has 2 N–H and O–H groups in total. The van der Waals surface area contributed by atoms with Crippen molar-refractivity contribution < 1.29 is 26.6 Å². The van der Waals surface area contributed by atoms with Gasteiger partial charge in [-0.15, -0.1) is 0 Å². The zero-order valence-electron chi connectivity index (χ0n) is 23.2. The van der Waals surface area contributed by atoms with E-state index in [1.807, 2.05) is 43.5 Å². The lowest BCUT2D eigenvalue weighted by atomic mass is 10.1. The lowest BCUT2D eigenvalue weighted by molar-refractivity contribution is -0.139. The van der Waals surface area contributed by atoms with E-state index in [1.54, 1.807) is 36.5 Å². The Morgan fingerprint density at radius 2 is 2.00 bits per heavy atom. The maximum absolute atomic E-state index is 14.8. The van der Waals surface area contributed by atoms with Gasteiger partial charge in [0, 0.05) is 35.6 Å². The van der Waals surface area contributed by atoms with E-state index in [9.17, 15) is 22.1 Å². The van der Waals surface area contributed by atoms with Gasteiger partial charge >= 0.3 is 6.18 Å². The van der Waals surface area contributed by atoms with Crippen LogP contribution in [0.15, 0.2) is 47.2 Å². The summed E-state index contributed by atoms with van der Waals surface area (Å²) in [5.41, 5.74) is 0.810. The molecule has 5 rings (SSSR count). The van der Waals surface area contributed by atoms with Crippen molar-refractivity contribution in [1.29, 1.82) is 0 Å². The van der Waals surface area contributed by atoms with Crippen molar-refractivity contribution in [3.05, 3.63) is 54.2 Å². The number of hydrogen-bond acceptors (Lipinski definition) is 6. The average molecular weight is 591 g/mol. The molecule has 9 nitrogen and oxygen atoms in total. The molecular formula is C27H32F4N7O2Si. The minimum absolute atomic E-state index is 0.0423. The summed E-state index contributed by atoms with van der Waals surface area (Å²) >= 11 is 0. The molecule has 1 amide bonds. The minimum atomic E-state index is -4.52. The molecule has 0 spiro atoms. The van der Waals surface area contributed by atoms with Crippen LogP contribution in [0, 0.1) is 0 Å². The van der Waals surface area contributed by atoms with E-state index in [0.717, 1.165) is 4.57 Å². The molecular weight excluding hydrogens is 558 g/mol. The number of amides is 1. The molecule has 1 atom stereocenters. The second kappa shape index (κ2) is 11.0. The maximum atomic E-state index is 14.8. The van der Waals surface area contributed by atoms with Crippen LogP contribution in [0.4, 0.5) is 23.0 Å². The Hall–Kier alpha value is -3.65. The SMILES string of the molecule is CN1CC[Si](F)[C@H](Nc2cccc3c2cc(-c2noc(CNC(=O)c4ccn(C(C)(C)C)c4)n2)n3CC(F)(F)F)C1. The second-order valence-corrected chi connectivity index (χ2v) is 13.4. The van der Waals surface area contributed by atoms with Crippen molar-refractivity contribution in [2.24, 2.45) is 0 Å². The molecule has 1 aliphatic heterocycles. The van der Waals surface area contributed by atoms with Crippen molar-refractivity contribution in [1.82, 2.24) is 29.5 Å². The maximum Gasteiger partial charge on any atom is 0.406 e. The Labute approximate surface area is 236 Å². The molecule has 1 fully saturated rings. The Morgan fingerprint density at radius 1 is 1.22 bits per heavy atom. The first-order valence-electron chi connectivity index (χ1n) is 13.2. The van der Waals surface area contributed by atoms with Crippen LogP contribution >= 0.6 is 0 Å². The number of halogens is 4. The van der Waals surface area contributed by atoms with E-state index < -0.39 is 27.5 Å². The molecule has 41 heavy (non-hydrogen) atoms. The van der Waals surface area contributed by atoms with Gasteiger partial charge in [-0.05, 0) is 64.7 Å². The highest BCUT2D eigenvalue weighted by molar-refractivity contribution is 6.54. The van der Waals surface area contributed by atoms with Crippen molar-refractivity contribution in [3.63, 3.8) is 0 Å². The summed E-state index contributed by atoms with van der Waals surface area (Å²) in [4.78, 5) is 18.9. The van der Waals surface area contributed by atoms with E-state index >= 15 is 0 Å². The highest BCUT2D eigenvalue weighted by Gasteiger charge is 2.33. The summed E-state index contributed by atoms with van der Waals surface area (Å²) in [5, 5.41) is 10.4. The number of rotatable bonds is 7. The number of fused-ring (bicyclic) bond motifs is 1. The van der Waals surface area contributed by atoms with Crippen LogP contribution in [-0.4, -0.2) is 71.2 Å². The number of alkyl halides is 3. The average Bonchev–Trinajstić information content (AvgIpc) is 3.63. The van der Waals surface area contributed by atoms with Gasteiger partial charge in [0.25, 0.3) is 15.0 Å². The van der Waals surface area contributed by atoms with Gasteiger partial charge in [0.15, 0.2) is 0 Å². The van der Waals surface area contributed by atoms with Gasteiger partial charge in [0.1, 0.15) is 6.54 Å². The van der Waals surface area contributed by atoms with Crippen LogP contribution in [-0.2, 0) is 18.6 Å². The fourth-order valence-electron chi connectivity index (χ4n) is 4.87. The van der Waals surface area contributed by atoms with E-state index in [2.05, 4.69) is 20.8 Å². The summed E-state index contributed by atoms with van der Waals surface area (Å²) in [5.74, 6) is -0.357. The highest BCUT2D eigenvalue weighted by atomic mass is 28.3. The zero-order chi connectivity index (χ0) is 29.5. The smallest absolute Gasteiger partial charge is 0.380 e. The van der Waals surface area contributed by atoms with Gasteiger partial charge in [0.2, 0.25) is 11.7 Å². The van der Waals surface area contributed by atoms with Gasteiger partial charge < -0.3 is 33.3 Å². The third-order valence-electron chi connectivity index (χ3n) is 7.04. The van der Waals surface area contributed by atoms with Crippen LogP contribution in [0.1, 0.15) is 37.0 Å². The molecule has 1 aromatic carbocycles. The fraction of sp³-hybridized carbons (Fsp3) is 0.444. The molecule has 4 heterocycles. The molecule has 1 radical (unpaired) electrons. The standard InChI is InChI=1S/C27H32F4N7O2Si/c1-26(2,3)37-9-8-17(14-37)25(39)32-13-22-34-24(35-40-22)21-12-18-19(33-23-15-36(4)10-11-41(23)31)6-5-7-20(18)38(21)16-27(28,29)30/h5-9,12,14,23,33H,10-11,13,15-16H2,1-4H3,(H,32,39)/t23-/m0/s1. The monoisotopic (exact) mass is 590 g/mol. The number of anilines is 1. The molecule has 3 aromatic heterocycles. The van der Waals surface area contributed by atoms with Crippen molar-refractivity contribution in [2.75, 3.05) is 25.5 Å². The molecule has 4 aromatic rings. The lowest BCUT2D eigenvalue weighted by Crippen LogP contribution is -2.49. The topological polar surface area (TPSA) is 93.2 Å². The Kier molecular flexibility index (Phi) is 7.72. The number of carbonyl (C=O) groups excluding carboxylic acids is 1. The summed E-state index contributed by atoms with van der Waals surface area (Å²) in [7, 11) is -0.247. The predicted octanol–water partition coefficient (Wildman–Crippen LogP) is 4.97. The summed E-state index contributed by atoms with van der Waals surface area (Å²) < 4.78 is 64.0. The van der Waals surface area contributed by atoms with Crippen LogP contribution in [0.2, 0.25) is 6.04 Å². The predicted molar refractivity (Wildman–Crippen MR) is 148 cm³/mol. The fourth-order valence-corrected chi connectivity index (χ4v) is 6.63. The molecule has 14 heteroatoms.